The van der Waals surface area contributed by atoms with Crippen molar-refractivity contribution in [3.05, 3.63) is 23.3 Å². The van der Waals surface area contributed by atoms with Gasteiger partial charge in [-0.25, -0.2) is 4.79 Å². The first-order valence-corrected chi connectivity index (χ1v) is 6.53. The van der Waals surface area contributed by atoms with E-state index in [4.69, 9.17) is 10.5 Å². The Labute approximate surface area is 98.2 Å². The Morgan fingerprint density at radius 3 is 2.75 bits per heavy atom. The highest BCUT2D eigenvalue weighted by Gasteiger charge is 2.13. The van der Waals surface area contributed by atoms with Gasteiger partial charge in [-0.15, -0.1) is 0 Å². The summed E-state index contributed by atoms with van der Waals surface area (Å²) in [7, 11) is 2.09. The highest BCUT2D eigenvalue weighted by atomic mass is 31.1. The SMILES string of the molecule is CCCPc1cc(N)cc(C(=O)OC)c1C. The Hall–Kier alpha value is -1.08. The maximum Gasteiger partial charge on any atom is 0.338 e. The van der Waals surface area contributed by atoms with Gasteiger partial charge >= 0.3 is 5.97 Å². The highest BCUT2D eigenvalue weighted by molar-refractivity contribution is 7.47. The van der Waals surface area contributed by atoms with Crippen molar-refractivity contribution in [3.63, 3.8) is 0 Å². The lowest BCUT2D eigenvalue weighted by atomic mass is 10.1. The molecule has 0 amide bonds. The quantitative estimate of drug-likeness (QED) is 0.497. The van der Waals surface area contributed by atoms with E-state index in [1.54, 1.807) is 6.07 Å². The van der Waals surface area contributed by atoms with Crippen LogP contribution in [0.4, 0.5) is 5.69 Å². The highest BCUT2D eigenvalue weighted by Crippen LogP contribution is 2.20. The number of carbonyl (C=O) groups excluding carboxylic acids is 1. The summed E-state index contributed by atoms with van der Waals surface area (Å²) >= 11 is 0. The molecule has 4 heteroatoms. The van der Waals surface area contributed by atoms with E-state index in [9.17, 15) is 4.79 Å². The minimum Gasteiger partial charge on any atom is -0.465 e. The van der Waals surface area contributed by atoms with Gasteiger partial charge in [0.25, 0.3) is 0 Å². The van der Waals surface area contributed by atoms with E-state index in [1.807, 2.05) is 13.0 Å². The predicted molar refractivity (Wildman–Crippen MR) is 70.0 cm³/mol. The summed E-state index contributed by atoms with van der Waals surface area (Å²) in [4.78, 5) is 11.5. The second-order valence-corrected chi connectivity index (χ2v) is 5.05. The van der Waals surface area contributed by atoms with Gasteiger partial charge in [-0.2, -0.15) is 0 Å². The van der Waals surface area contributed by atoms with Crippen LogP contribution in [0.5, 0.6) is 0 Å². The van der Waals surface area contributed by atoms with Gasteiger partial charge in [-0.3, -0.25) is 0 Å². The van der Waals surface area contributed by atoms with Crippen LogP contribution in [0.3, 0.4) is 0 Å². The number of hydrogen-bond acceptors (Lipinski definition) is 3. The average Bonchev–Trinajstić information content (AvgIpc) is 2.28. The molecule has 0 aliphatic rings. The van der Waals surface area contributed by atoms with Crippen molar-refractivity contribution in [2.45, 2.75) is 20.3 Å². The summed E-state index contributed by atoms with van der Waals surface area (Å²) in [6.45, 7) is 4.10. The lowest BCUT2D eigenvalue weighted by molar-refractivity contribution is 0.0600. The van der Waals surface area contributed by atoms with Crippen LogP contribution in [0.1, 0.15) is 29.3 Å². The van der Waals surface area contributed by atoms with Crippen LogP contribution >= 0.6 is 8.58 Å². The van der Waals surface area contributed by atoms with E-state index in [0.717, 1.165) is 18.1 Å². The van der Waals surface area contributed by atoms with Crippen LogP contribution < -0.4 is 11.0 Å². The number of esters is 1. The first-order valence-electron chi connectivity index (χ1n) is 5.32. The molecular formula is C12H18NO2P. The molecule has 16 heavy (non-hydrogen) atoms. The van der Waals surface area contributed by atoms with Crippen molar-refractivity contribution in [1.29, 1.82) is 0 Å². The van der Waals surface area contributed by atoms with Gasteiger partial charge in [0, 0.05) is 5.69 Å². The predicted octanol–water partition coefficient (Wildman–Crippen LogP) is 2.08. The van der Waals surface area contributed by atoms with Crippen LogP contribution in [0, 0.1) is 6.92 Å². The Kier molecular flexibility index (Phi) is 4.75. The number of hydrogen-bond donors (Lipinski definition) is 1. The van der Waals surface area contributed by atoms with Crippen LogP contribution in [-0.4, -0.2) is 19.2 Å². The smallest absolute Gasteiger partial charge is 0.338 e. The molecule has 2 N–H and O–H groups in total. The Morgan fingerprint density at radius 1 is 1.50 bits per heavy atom. The zero-order valence-electron chi connectivity index (χ0n) is 9.96. The third-order valence-corrected chi connectivity index (χ3v) is 4.05. The molecule has 1 atom stereocenters. The summed E-state index contributed by atoms with van der Waals surface area (Å²) < 4.78 is 4.74. The third-order valence-electron chi connectivity index (χ3n) is 2.40. The van der Waals surface area contributed by atoms with Crippen LogP contribution in [0.25, 0.3) is 0 Å². The van der Waals surface area contributed by atoms with E-state index < -0.39 is 0 Å². The van der Waals surface area contributed by atoms with Gasteiger partial charge < -0.3 is 10.5 Å². The van der Waals surface area contributed by atoms with Crippen molar-refractivity contribution in [2.75, 3.05) is 19.0 Å². The number of methoxy groups -OCH3 is 1. The van der Waals surface area contributed by atoms with E-state index in [2.05, 4.69) is 6.92 Å². The van der Waals surface area contributed by atoms with Crippen LogP contribution in [0.15, 0.2) is 12.1 Å². The van der Waals surface area contributed by atoms with Gasteiger partial charge in [0.2, 0.25) is 0 Å². The molecule has 1 aromatic rings. The normalized spacial score (nSPS) is 10.9. The fourth-order valence-electron chi connectivity index (χ4n) is 1.50. The maximum atomic E-state index is 11.5. The van der Waals surface area contributed by atoms with E-state index >= 15 is 0 Å². The average molecular weight is 239 g/mol. The minimum absolute atomic E-state index is 0.313. The molecule has 0 heterocycles. The van der Waals surface area contributed by atoms with Crippen molar-refractivity contribution in [2.24, 2.45) is 0 Å². The molecule has 0 saturated carbocycles. The summed E-state index contributed by atoms with van der Waals surface area (Å²) in [6.07, 6.45) is 2.27. The zero-order chi connectivity index (χ0) is 12.1. The fourth-order valence-corrected chi connectivity index (χ4v) is 2.69. The zero-order valence-corrected chi connectivity index (χ0v) is 11.0. The number of anilines is 1. The molecule has 3 nitrogen and oxygen atoms in total. The van der Waals surface area contributed by atoms with E-state index in [1.165, 1.54) is 12.4 Å². The van der Waals surface area contributed by atoms with Gasteiger partial charge in [-0.1, -0.05) is 21.9 Å². The molecule has 1 rings (SSSR count). The first-order chi connectivity index (χ1) is 7.60. The lowest BCUT2D eigenvalue weighted by Gasteiger charge is -2.11. The third kappa shape index (κ3) is 2.96. The summed E-state index contributed by atoms with van der Waals surface area (Å²) in [5.74, 6) is -0.313. The van der Waals surface area contributed by atoms with Gasteiger partial charge in [0.15, 0.2) is 0 Å². The molecular weight excluding hydrogens is 221 g/mol. The Bertz CT molecular complexity index is 391. The fraction of sp³-hybridized carbons (Fsp3) is 0.417. The molecule has 1 aromatic carbocycles. The Morgan fingerprint density at radius 2 is 2.19 bits per heavy atom. The maximum absolute atomic E-state index is 11.5. The second kappa shape index (κ2) is 5.86. The molecule has 1 unspecified atom stereocenters. The number of nitrogen functional groups attached to an aromatic ring is 1. The Balaban J connectivity index is 3.10. The molecule has 0 spiro atoms. The van der Waals surface area contributed by atoms with Crippen LogP contribution in [-0.2, 0) is 4.74 Å². The summed E-state index contributed by atoms with van der Waals surface area (Å²) in [5, 5.41) is 1.17. The lowest BCUT2D eigenvalue weighted by Crippen LogP contribution is -2.12. The van der Waals surface area contributed by atoms with Gasteiger partial charge in [0.05, 0.1) is 12.7 Å². The standard InChI is InChI=1S/C12H18NO2P/c1-4-5-16-11-7-9(13)6-10(8(11)2)12(14)15-3/h6-7,16H,4-5,13H2,1-3H3. The number of carbonyl (C=O) groups is 1. The number of benzene rings is 1. The minimum atomic E-state index is -0.313. The van der Waals surface area contributed by atoms with Crippen LogP contribution in [0.2, 0.25) is 0 Å². The molecule has 0 bridgehead atoms. The number of ether oxygens (including phenoxy) is 1. The first kappa shape index (κ1) is 13.0. The molecule has 0 radical (unpaired) electrons. The second-order valence-electron chi connectivity index (χ2n) is 3.66. The van der Waals surface area contributed by atoms with Gasteiger partial charge in [0.1, 0.15) is 0 Å². The summed E-state index contributed by atoms with van der Waals surface area (Å²) in [5.41, 5.74) is 8.00. The molecule has 0 aromatic heterocycles. The number of rotatable bonds is 4. The molecule has 0 fully saturated rings. The van der Waals surface area contributed by atoms with E-state index in [-0.39, 0.29) is 5.97 Å². The van der Waals surface area contributed by atoms with E-state index in [0.29, 0.717) is 19.8 Å². The molecule has 0 saturated heterocycles. The molecule has 0 aliphatic carbocycles. The van der Waals surface area contributed by atoms with Crippen molar-refractivity contribution < 1.29 is 9.53 Å². The number of nitrogens with two attached hydrogens (primary N) is 1. The largest absolute Gasteiger partial charge is 0.465 e. The summed E-state index contributed by atoms with van der Waals surface area (Å²) in [6, 6.07) is 3.64. The monoisotopic (exact) mass is 239 g/mol. The molecule has 0 aliphatic heterocycles. The topological polar surface area (TPSA) is 52.3 Å². The van der Waals surface area contributed by atoms with Gasteiger partial charge in [-0.05, 0) is 36.1 Å². The van der Waals surface area contributed by atoms with Crippen molar-refractivity contribution in [3.8, 4) is 0 Å². The molecule has 88 valence electrons. The van der Waals surface area contributed by atoms with Crippen molar-refractivity contribution >= 4 is 25.5 Å². The van der Waals surface area contributed by atoms with Crippen molar-refractivity contribution in [1.82, 2.24) is 0 Å².